The molecule has 0 saturated carbocycles. The summed E-state index contributed by atoms with van der Waals surface area (Å²) in [5.41, 5.74) is 2.86. The predicted octanol–water partition coefficient (Wildman–Crippen LogP) is 6.56. The van der Waals surface area contributed by atoms with Crippen molar-refractivity contribution in [2.24, 2.45) is 5.92 Å². The Kier molecular flexibility index (Phi) is 8.31. The highest BCUT2D eigenvalue weighted by atomic mass is 19.4. The monoisotopic (exact) mass is 497 g/mol. The van der Waals surface area contributed by atoms with Crippen LogP contribution in [-0.2, 0) is 16.1 Å². The number of benzene rings is 3. The molecule has 1 saturated heterocycles. The maximum absolute atomic E-state index is 12.7. The van der Waals surface area contributed by atoms with Crippen LogP contribution < -0.4 is 4.74 Å². The molecule has 4 nitrogen and oxygen atoms in total. The average molecular weight is 498 g/mol. The summed E-state index contributed by atoms with van der Waals surface area (Å²) < 4.78 is 48.4. The Hall–Kier alpha value is -3.32. The van der Waals surface area contributed by atoms with Crippen LogP contribution in [0.1, 0.15) is 42.4 Å². The van der Waals surface area contributed by atoms with E-state index in [0.29, 0.717) is 31.5 Å². The molecule has 190 valence electrons. The number of likely N-dealkylation sites (tertiary alicyclic amines) is 1. The number of piperidine rings is 1. The van der Waals surface area contributed by atoms with E-state index >= 15 is 0 Å². The number of carbonyl (C=O) groups is 1. The number of halogens is 3. The number of carbonyl (C=O) groups excluding carboxylic acids is 1. The first-order valence-electron chi connectivity index (χ1n) is 12.2. The van der Waals surface area contributed by atoms with Crippen molar-refractivity contribution in [1.29, 1.82) is 0 Å². The summed E-state index contributed by atoms with van der Waals surface area (Å²) in [5.74, 6) is -0.205. The van der Waals surface area contributed by atoms with Crippen molar-refractivity contribution in [3.8, 4) is 5.75 Å². The Morgan fingerprint density at radius 2 is 1.61 bits per heavy atom. The first kappa shape index (κ1) is 25.8. The smallest absolute Gasteiger partial charge is 0.406 e. The number of hydrogen-bond donors (Lipinski definition) is 0. The Labute approximate surface area is 209 Å². The summed E-state index contributed by atoms with van der Waals surface area (Å²) in [6.45, 7) is 3.14. The van der Waals surface area contributed by atoms with E-state index in [1.807, 2.05) is 48.2 Å². The van der Waals surface area contributed by atoms with Crippen molar-refractivity contribution in [2.75, 3.05) is 13.1 Å². The lowest BCUT2D eigenvalue weighted by molar-refractivity contribution is -0.274. The minimum Gasteiger partial charge on any atom is -0.406 e. The van der Waals surface area contributed by atoms with E-state index in [4.69, 9.17) is 4.74 Å². The summed E-state index contributed by atoms with van der Waals surface area (Å²) in [5, 5.41) is 0. The zero-order valence-corrected chi connectivity index (χ0v) is 20.2. The lowest BCUT2D eigenvalue weighted by Gasteiger charge is -2.42. The van der Waals surface area contributed by atoms with E-state index in [1.165, 1.54) is 18.2 Å². The zero-order valence-electron chi connectivity index (χ0n) is 20.2. The van der Waals surface area contributed by atoms with Crippen LogP contribution in [0.25, 0.3) is 0 Å². The molecule has 0 spiro atoms. The van der Waals surface area contributed by atoms with Crippen LogP contribution in [0.15, 0.2) is 84.9 Å². The van der Waals surface area contributed by atoms with Gasteiger partial charge in [-0.3, -0.25) is 4.79 Å². The molecule has 0 bridgehead atoms. The molecule has 1 fully saturated rings. The fourth-order valence-corrected chi connectivity index (χ4v) is 4.98. The highest BCUT2D eigenvalue weighted by Gasteiger charge is 2.38. The van der Waals surface area contributed by atoms with Crippen LogP contribution in [0.5, 0.6) is 5.75 Å². The van der Waals surface area contributed by atoms with Crippen LogP contribution in [0.3, 0.4) is 0 Å². The molecule has 1 heterocycles. The van der Waals surface area contributed by atoms with Gasteiger partial charge >= 0.3 is 6.36 Å². The molecule has 1 aliphatic heterocycles. The molecule has 1 amide bonds. The topological polar surface area (TPSA) is 38.8 Å². The molecule has 3 aromatic rings. The molecule has 7 heteroatoms. The van der Waals surface area contributed by atoms with E-state index in [0.717, 1.165) is 11.1 Å². The highest BCUT2D eigenvalue weighted by molar-refractivity contribution is 5.76. The van der Waals surface area contributed by atoms with Crippen molar-refractivity contribution >= 4 is 5.91 Å². The molecule has 2 atom stereocenters. The maximum atomic E-state index is 12.7. The van der Waals surface area contributed by atoms with Gasteiger partial charge < -0.3 is 14.4 Å². The Morgan fingerprint density at radius 3 is 2.19 bits per heavy atom. The molecule has 2 unspecified atom stereocenters. The quantitative estimate of drug-likeness (QED) is 0.354. The third kappa shape index (κ3) is 6.66. The molecular formula is C29H30F3NO3. The molecule has 0 N–H and O–H groups in total. The van der Waals surface area contributed by atoms with Gasteiger partial charge in [0, 0.05) is 31.3 Å². The van der Waals surface area contributed by atoms with Crippen molar-refractivity contribution < 1.29 is 27.4 Å². The SMILES string of the molecule is CCC(=O)N1CCC(OCc2cccc(OC(F)(F)F)c2)C(C(c2ccccc2)c2ccccc2)C1. The minimum atomic E-state index is -4.75. The van der Waals surface area contributed by atoms with Crippen LogP contribution in [0, 0.1) is 5.92 Å². The summed E-state index contributed by atoms with van der Waals surface area (Å²) in [7, 11) is 0. The molecule has 36 heavy (non-hydrogen) atoms. The van der Waals surface area contributed by atoms with Crippen molar-refractivity contribution in [3.05, 3.63) is 102 Å². The summed E-state index contributed by atoms with van der Waals surface area (Å²) in [6, 6.07) is 26.2. The summed E-state index contributed by atoms with van der Waals surface area (Å²) >= 11 is 0. The first-order chi connectivity index (χ1) is 17.3. The van der Waals surface area contributed by atoms with Gasteiger partial charge in [-0.2, -0.15) is 0 Å². The lowest BCUT2D eigenvalue weighted by atomic mass is 9.75. The first-order valence-corrected chi connectivity index (χ1v) is 12.2. The summed E-state index contributed by atoms with van der Waals surface area (Å²) in [4.78, 5) is 14.5. The fourth-order valence-electron chi connectivity index (χ4n) is 4.98. The highest BCUT2D eigenvalue weighted by Crippen LogP contribution is 2.39. The molecule has 0 aromatic heterocycles. The van der Waals surface area contributed by atoms with Crippen molar-refractivity contribution in [1.82, 2.24) is 4.90 Å². The molecule has 4 rings (SSSR count). The normalized spacial score (nSPS) is 18.3. The molecule has 0 aliphatic carbocycles. The Morgan fingerprint density at radius 1 is 0.972 bits per heavy atom. The maximum Gasteiger partial charge on any atom is 0.573 e. The van der Waals surface area contributed by atoms with Gasteiger partial charge in [-0.25, -0.2) is 0 Å². The average Bonchev–Trinajstić information content (AvgIpc) is 2.88. The Balaban J connectivity index is 1.61. The van der Waals surface area contributed by atoms with E-state index in [9.17, 15) is 18.0 Å². The molecule has 0 radical (unpaired) electrons. The second-order valence-electron chi connectivity index (χ2n) is 8.99. The van der Waals surface area contributed by atoms with Gasteiger partial charge in [-0.1, -0.05) is 79.7 Å². The van der Waals surface area contributed by atoms with Crippen molar-refractivity contribution in [3.63, 3.8) is 0 Å². The zero-order chi connectivity index (χ0) is 25.5. The summed E-state index contributed by atoms with van der Waals surface area (Å²) in [6.07, 6.45) is -3.86. The van der Waals surface area contributed by atoms with Crippen LogP contribution >= 0.6 is 0 Å². The standard InChI is InChI=1S/C29H30F3NO3/c1-2-27(34)33-17-16-26(35-20-21-10-9-15-24(18-21)36-29(30,31)32)25(19-33)28(22-11-5-3-6-12-22)23-13-7-4-8-14-23/h3-15,18,25-26,28H,2,16-17,19-20H2,1H3. The second kappa shape index (κ2) is 11.6. The van der Waals surface area contributed by atoms with Gasteiger partial charge in [0.05, 0.1) is 12.7 Å². The van der Waals surface area contributed by atoms with Crippen LogP contribution in [0.2, 0.25) is 0 Å². The van der Waals surface area contributed by atoms with Crippen LogP contribution in [-0.4, -0.2) is 36.4 Å². The van der Waals surface area contributed by atoms with E-state index in [-0.39, 0.29) is 36.2 Å². The minimum absolute atomic E-state index is 0.00949. The third-order valence-electron chi connectivity index (χ3n) is 6.59. The van der Waals surface area contributed by atoms with Crippen LogP contribution in [0.4, 0.5) is 13.2 Å². The number of ether oxygens (including phenoxy) is 2. The number of nitrogens with zero attached hydrogens (tertiary/aromatic N) is 1. The largest absolute Gasteiger partial charge is 0.573 e. The number of amides is 1. The van der Waals surface area contributed by atoms with Gasteiger partial charge in [0.15, 0.2) is 0 Å². The number of rotatable bonds is 8. The van der Waals surface area contributed by atoms with Crippen molar-refractivity contribution in [2.45, 2.75) is 44.8 Å². The van der Waals surface area contributed by atoms with E-state index in [2.05, 4.69) is 29.0 Å². The molecule has 3 aromatic carbocycles. The van der Waals surface area contributed by atoms with Gasteiger partial charge in [-0.15, -0.1) is 13.2 Å². The van der Waals surface area contributed by atoms with Gasteiger partial charge in [-0.05, 0) is 35.2 Å². The van der Waals surface area contributed by atoms with Gasteiger partial charge in [0.1, 0.15) is 5.75 Å². The number of hydrogen-bond acceptors (Lipinski definition) is 3. The molecular weight excluding hydrogens is 467 g/mol. The predicted molar refractivity (Wildman–Crippen MR) is 131 cm³/mol. The van der Waals surface area contributed by atoms with E-state index in [1.54, 1.807) is 6.07 Å². The molecule has 1 aliphatic rings. The fraction of sp³-hybridized carbons (Fsp3) is 0.345. The third-order valence-corrected chi connectivity index (χ3v) is 6.59. The van der Waals surface area contributed by atoms with E-state index < -0.39 is 6.36 Å². The number of alkyl halides is 3. The lowest BCUT2D eigenvalue weighted by Crippen LogP contribution is -2.48. The van der Waals surface area contributed by atoms with Gasteiger partial charge in [0.25, 0.3) is 0 Å². The van der Waals surface area contributed by atoms with Gasteiger partial charge in [0.2, 0.25) is 5.91 Å². The second-order valence-corrected chi connectivity index (χ2v) is 8.99. The Bertz CT molecular complexity index is 1080.